The Kier molecular flexibility index (Phi) is 12.1. The third kappa shape index (κ3) is 7.25. The molecule has 0 rings (SSSR count). The smallest absolute Gasteiger partial charge is 0.269 e. The van der Waals surface area contributed by atoms with Gasteiger partial charge in [0.2, 0.25) is 0 Å². The Labute approximate surface area is 82.4 Å². The molecule has 0 unspecified atom stereocenters. The third-order valence-corrected chi connectivity index (χ3v) is 1.11. The number of carbonyl (C=O) groups is 1. The fraction of sp³-hybridized carbons (Fsp3) is 0.600. The zero-order valence-corrected chi connectivity index (χ0v) is 9.22. The van der Waals surface area contributed by atoms with Gasteiger partial charge in [-0.15, -0.1) is 0 Å². The van der Waals surface area contributed by atoms with Gasteiger partial charge in [0.25, 0.3) is 5.91 Å². The Balaban J connectivity index is -0.000000376. The van der Waals surface area contributed by atoms with Crippen LogP contribution in [0.1, 0.15) is 29.1 Å². The lowest BCUT2D eigenvalue weighted by Gasteiger charge is -1.97. The number of nitrogens with one attached hydrogen (secondary N) is 1. The highest BCUT2D eigenvalue weighted by atomic mass is 16.1. The van der Waals surface area contributed by atoms with E-state index >= 15 is 0 Å². The van der Waals surface area contributed by atoms with Crippen molar-refractivity contribution in [2.75, 3.05) is 13.6 Å². The van der Waals surface area contributed by atoms with Crippen LogP contribution >= 0.6 is 0 Å². The molecule has 0 aliphatic heterocycles. The first-order valence-corrected chi connectivity index (χ1v) is 4.65. The zero-order chi connectivity index (χ0) is 10.7. The Morgan fingerprint density at radius 1 is 1.54 bits per heavy atom. The summed E-state index contributed by atoms with van der Waals surface area (Å²) in [6.07, 6.45) is 3.49. The molecule has 3 heteroatoms. The van der Waals surface area contributed by atoms with Gasteiger partial charge in [0.05, 0.1) is 0 Å². The van der Waals surface area contributed by atoms with Crippen LogP contribution in [0.4, 0.5) is 0 Å². The fourth-order valence-corrected chi connectivity index (χ4v) is 0.656. The summed E-state index contributed by atoms with van der Waals surface area (Å²) in [6.45, 7) is 8.38. The largest absolute Gasteiger partial charge is 0.354 e. The number of allylic oxidation sites excluding steroid dienone is 1. The Morgan fingerprint density at radius 2 is 2.08 bits per heavy atom. The third-order valence-electron chi connectivity index (χ3n) is 1.11. The van der Waals surface area contributed by atoms with Gasteiger partial charge >= 0.3 is 0 Å². The van der Waals surface area contributed by atoms with E-state index in [0.717, 1.165) is 0 Å². The monoisotopic (exact) mass is 186 g/mol. The van der Waals surface area contributed by atoms with Crippen LogP contribution < -0.4 is 5.32 Å². The number of hydrogen-bond acceptors (Lipinski definition) is 2. The van der Waals surface area contributed by atoms with Crippen LogP contribution in [-0.2, 0) is 4.79 Å². The van der Waals surface area contributed by atoms with Crippen molar-refractivity contribution in [1.82, 2.24) is 5.32 Å². The van der Waals surface area contributed by atoms with Crippen molar-refractivity contribution in [3.63, 3.8) is 0 Å². The quantitative estimate of drug-likeness (QED) is 0.673. The van der Waals surface area contributed by atoms with Gasteiger partial charge in [-0.3, -0.25) is 9.79 Å². The maximum Gasteiger partial charge on any atom is 0.269 e. The summed E-state index contributed by atoms with van der Waals surface area (Å²) >= 11 is 0. The van der Waals surface area contributed by atoms with E-state index in [4.69, 9.17) is 0 Å². The molecule has 0 heterocycles. The van der Waals surface area contributed by atoms with E-state index in [2.05, 4.69) is 10.3 Å². The maximum absolute atomic E-state index is 11.0. The molecule has 13 heavy (non-hydrogen) atoms. The molecule has 0 radical (unpaired) electrons. The lowest BCUT2D eigenvalue weighted by Crippen LogP contribution is -2.26. The molecule has 0 aliphatic carbocycles. The van der Waals surface area contributed by atoms with Crippen molar-refractivity contribution < 1.29 is 6.22 Å². The van der Waals surface area contributed by atoms with Crippen LogP contribution in [0.15, 0.2) is 17.1 Å². The Hall–Kier alpha value is -1.12. The van der Waals surface area contributed by atoms with Crippen LogP contribution in [0.5, 0.6) is 0 Å². The minimum atomic E-state index is -0.134. The molecule has 0 spiro atoms. The number of aliphatic imine (C=N–C) groups is 1. The first kappa shape index (κ1) is 14.4. The highest BCUT2D eigenvalue weighted by Gasteiger charge is 2.02. The Morgan fingerprint density at radius 3 is 2.38 bits per heavy atom. The van der Waals surface area contributed by atoms with Gasteiger partial charge in [-0.05, 0) is 19.9 Å². The van der Waals surface area contributed by atoms with Crippen molar-refractivity contribution >= 4 is 11.6 Å². The van der Waals surface area contributed by atoms with Crippen molar-refractivity contribution in [2.24, 2.45) is 4.99 Å². The van der Waals surface area contributed by atoms with Crippen molar-refractivity contribution in [3.8, 4) is 0 Å². The van der Waals surface area contributed by atoms with Crippen LogP contribution in [0, 0.1) is 0 Å². The molecule has 0 atom stereocenters. The predicted molar refractivity (Wildman–Crippen MR) is 60.3 cm³/mol. The van der Waals surface area contributed by atoms with E-state index < -0.39 is 0 Å². The SMILES string of the molecule is C/C=C\C(=NCC)C(=O)NC.CC.[HH]. The van der Waals surface area contributed by atoms with Crippen LogP contribution in [0.25, 0.3) is 0 Å². The summed E-state index contributed by atoms with van der Waals surface area (Å²) in [5.74, 6) is -0.134. The van der Waals surface area contributed by atoms with E-state index in [-0.39, 0.29) is 7.33 Å². The summed E-state index contributed by atoms with van der Waals surface area (Å²) in [4.78, 5) is 15.0. The molecule has 0 aromatic heterocycles. The molecule has 0 fully saturated rings. The minimum Gasteiger partial charge on any atom is -0.354 e. The number of nitrogens with zero attached hydrogens (tertiary/aromatic N) is 1. The highest BCUT2D eigenvalue weighted by Crippen LogP contribution is 1.83. The molecule has 0 saturated heterocycles. The van der Waals surface area contributed by atoms with Gasteiger partial charge in [0.1, 0.15) is 5.71 Å². The zero-order valence-electron chi connectivity index (χ0n) is 9.22. The first-order chi connectivity index (χ1) is 6.26. The van der Waals surface area contributed by atoms with Gasteiger partial charge in [-0.1, -0.05) is 19.9 Å². The molecule has 0 aliphatic rings. The molecule has 0 saturated carbocycles. The predicted octanol–water partition coefficient (Wildman–Crippen LogP) is 2.04. The molecule has 78 valence electrons. The number of rotatable bonds is 3. The van der Waals surface area contributed by atoms with Crippen molar-refractivity contribution in [2.45, 2.75) is 27.7 Å². The molecule has 0 bridgehead atoms. The van der Waals surface area contributed by atoms with Gasteiger partial charge in [-0.25, -0.2) is 0 Å². The van der Waals surface area contributed by atoms with Crippen molar-refractivity contribution in [3.05, 3.63) is 12.2 Å². The first-order valence-electron chi connectivity index (χ1n) is 4.65. The van der Waals surface area contributed by atoms with E-state index in [1.807, 2.05) is 27.7 Å². The molecule has 0 aromatic carbocycles. The summed E-state index contributed by atoms with van der Waals surface area (Å²) in [5.41, 5.74) is 0.484. The standard InChI is InChI=1S/C8H14N2O.C2H6.H2/c1-4-6-7(10-5-2)8(11)9-3;1-2;/h4,6H,5H2,1-3H3,(H,9,11);1-2H3;1H/b6-4-,10-7?;;. The molecular formula is C10H22N2O. The molecule has 1 amide bonds. The van der Waals surface area contributed by atoms with Crippen LogP contribution in [0.2, 0.25) is 0 Å². The summed E-state index contributed by atoms with van der Waals surface area (Å²) in [6, 6.07) is 0. The summed E-state index contributed by atoms with van der Waals surface area (Å²) < 4.78 is 0. The highest BCUT2D eigenvalue weighted by molar-refractivity contribution is 6.43. The van der Waals surface area contributed by atoms with Gasteiger partial charge < -0.3 is 5.32 Å². The average molecular weight is 186 g/mol. The van der Waals surface area contributed by atoms with E-state index in [9.17, 15) is 4.79 Å². The summed E-state index contributed by atoms with van der Waals surface area (Å²) in [7, 11) is 1.59. The normalized spacial score (nSPS) is 10.7. The summed E-state index contributed by atoms with van der Waals surface area (Å²) in [5, 5.41) is 2.51. The Bertz CT molecular complexity index is 189. The van der Waals surface area contributed by atoms with E-state index in [0.29, 0.717) is 12.3 Å². The second-order valence-corrected chi connectivity index (χ2v) is 1.94. The maximum atomic E-state index is 11.0. The fourth-order valence-electron chi connectivity index (χ4n) is 0.656. The average Bonchev–Trinajstić information content (AvgIpc) is 2.19. The lowest BCUT2D eigenvalue weighted by atomic mass is 10.3. The molecular weight excluding hydrogens is 164 g/mol. The number of hydrogen-bond donors (Lipinski definition) is 1. The van der Waals surface area contributed by atoms with Gasteiger partial charge in [-0.2, -0.15) is 0 Å². The minimum absolute atomic E-state index is 0. The number of amides is 1. The second-order valence-electron chi connectivity index (χ2n) is 1.94. The van der Waals surface area contributed by atoms with Crippen LogP contribution in [0.3, 0.4) is 0 Å². The van der Waals surface area contributed by atoms with Crippen molar-refractivity contribution in [1.29, 1.82) is 0 Å². The van der Waals surface area contributed by atoms with E-state index in [1.54, 1.807) is 19.2 Å². The molecule has 1 N–H and O–H groups in total. The molecule has 3 nitrogen and oxygen atoms in total. The van der Waals surface area contributed by atoms with Crippen LogP contribution in [-0.4, -0.2) is 25.2 Å². The van der Waals surface area contributed by atoms with Gasteiger partial charge in [0, 0.05) is 15.0 Å². The lowest BCUT2D eigenvalue weighted by molar-refractivity contribution is -0.114. The number of carbonyl (C=O) groups excluding carboxylic acids is 1. The van der Waals surface area contributed by atoms with Gasteiger partial charge in [0.15, 0.2) is 0 Å². The topological polar surface area (TPSA) is 41.5 Å². The second kappa shape index (κ2) is 10.9. The molecule has 0 aromatic rings. The van der Waals surface area contributed by atoms with E-state index in [1.165, 1.54) is 0 Å².